The van der Waals surface area contributed by atoms with Crippen molar-refractivity contribution in [1.29, 1.82) is 0 Å². The van der Waals surface area contributed by atoms with Crippen molar-refractivity contribution in [1.82, 2.24) is 5.32 Å². The van der Waals surface area contributed by atoms with Crippen molar-refractivity contribution in [2.75, 3.05) is 6.54 Å². The van der Waals surface area contributed by atoms with Gasteiger partial charge in [0.25, 0.3) is 0 Å². The number of hydrogen-bond acceptors (Lipinski definition) is 3. The molecular weight excluding hydrogens is 192 g/mol. The number of nitrogens with two attached hydrogens (primary N) is 1. The van der Waals surface area contributed by atoms with Crippen molar-refractivity contribution in [2.24, 2.45) is 5.73 Å². The van der Waals surface area contributed by atoms with Gasteiger partial charge in [0.05, 0.1) is 6.10 Å². The Bertz CT molecular complexity index is 215. The first-order chi connectivity index (χ1) is 7.06. The number of amides is 1. The molecule has 1 saturated carbocycles. The molecule has 1 unspecified atom stereocenters. The molecule has 0 aromatic rings. The van der Waals surface area contributed by atoms with Crippen molar-refractivity contribution in [2.45, 2.75) is 57.1 Å². The summed E-state index contributed by atoms with van der Waals surface area (Å²) in [4.78, 5) is 11.5. The number of aliphatic hydroxyl groups is 1. The zero-order chi connectivity index (χ0) is 11.3. The maximum Gasteiger partial charge on any atom is 0.221 e. The maximum atomic E-state index is 11.5. The highest BCUT2D eigenvalue weighted by molar-refractivity contribution is 5.77. The van der Waals surface area contributed by atoms with E-state index in [1.807, 2.05) is 6.92 Å². The Morgan fingerprint density at radius 2 is 2.27 bits per heavy atom. The third-order valence-corrected chi connectivity index (χ3v) is 3.02. The van der Waals surface area contributed by atoms with E-state index in [-0.39, 0.29) is 11.4 Å². The highest BCUT2D eigenvalue weighted by atomic mass is 16.3. The average molecular weight is 214 g/mol. The number of carbonyl (C=O) groups is 1. The van der Waals surface area contributed by atoms with Crippen molar-refractivity contribution in [3.05, 3.63) is 0 Å². The quantitative estimate of drug-likeness (QED) is 0.604. The molecule has 88 valence electrons. The Balaban J connectivity index is 2.13. The topological polar surface area (TPSA) is 75.3 Å². The normalized spacial score (nSPS) is 20.5. The van der Waals surface area contributed by atoms with Gasteiger partial charge in [-0.05, 0) is 25.7 Å². The minimum atomic E-state index is -0.422. The molecule has 1 aliphatic rings. The van der Waals surface area contributed by atoms with Gasteiger partial charge in [0.15, 0.2) is 0 Å². The van der Waals surface area contributed by atoms with Gasteiger partial charge in [0, 0.05) is 18.5 Å². The Hall–Kier alpha value is -0.610. The van der Waals surface area contributed by atoms with Crippen LogP contribution in [0.2, 0.25) is 0 Å². The van der Waals surface area contributed by atoms with Gasteiger partial charge in [-0.1, -0.05) is 13.3 Å². The average Bonchev–Trinajstić information content (AvgIpc) is 2.13. The highest BCUT2D eigenvalue weighted by Crippen LogP contribution is 2.31. The van der Waals surface area contributed by atoms with Gasteiger partial charge in [-0.3, -0.25) is 4.79 Å². The molecule has 1 aliphatic carbocycles. The summed E-state index contributed by atoms with van der Waals surface area (Å²) in [5, 5.41) is 12.1. The maximum absolute atomic E-state index is 11.5. The van der Waals surface area contributed by atoms with Gasteiger partial charge in [-0.2, -0.15) is 0 Å². The van der Waals surface area contributed by atoms with Crippen molar-refractivity contribution >= 4 is 5.91 Å². The van der Waals surface area contributed by atoms with E-state index in [0.29, 0.717) is 13.0 Å². The Labute approximate surface area is 91.2 Å². The second-order valence-electron chi connectivity index (χ2n) is 4.64. The fraction of sp³-hybridized carbons (Fsp3) is 0.909. The largest absolute Gasteiger partial charge is 0.391 e. The van der Waals surface area contributed by atoms with Gasteiger partial charge in [0.1, 0.15) is 0 Å². The molecule has 15 heavy (non-hydrogen) atoms. The zero-order valence-corrected chi connectivity index (χ0v) is 9.46. The van der Waals surface area contributed by atoms with Gasteiger partial charge in [-0.25, -0.2) is 0 Å². The number of hydrogen-bond donors (Lipinski definition) is 3. The monoisotopic (exact) mass is 214 g/mol. The molecule has 0 aromatic carbocycles. The molecule has 1 atom stereocenters. The van der Waals surface area contributed by atoms with E-state index < -0.39 is 6.10 Å². The lowest BCUT2D eigenvalue weighted by atomic mass is 9.75. The predicted molar refractivity (Wildman–Crippen MR) is 59.3 cm³/mol. The van der Waals surface area contributed by atoms with Crippen LogP contribution in [0.1, 0.15) is 45.4 Å². The lowest BCUT2D eigenvalue weighted by molar-refractivity contribution is -0.123. The third kappa shape index (κ3) is 4.18. The Morgan fingerprint density at radius 1 is 1.60 bits per heavy atom. The molecule has 0 bridgehead atoms. The van der Waals surface area contributed by atoms with E-state index in [9.17, 15) is 9.90 Å². The molecule has 0 radical (unpaired) electrons. The molecule has 1 amide bonds. The Morgan fingerprint density at radius 3 is 2.73 bits per heavy atom. The van der Waals surface area contributed by atoms with Crippen molar-refractivity contribution < 1.29 is 9.90 Å². The summed E-state index contributed by atoms with van der Waals surface area (Å²) in [7, 11) is 0. The number of nitrogens with one attached hydrogen (secondary N) is 1. The second-order valence-corrected chi connectivity index (χ2v) is 4.64. The first kappa shape index (κ1) is 12.5. The van der Waals surface area contributed by atoms with Crippen LogP contribution in [0.5, 0.6) is 0 Å². The van der Waals surface area contributed by atoms with E-state index >= 15 is 0 Å². The molecule has 4 N–H and O–H groups in total. The molecule has 4 heteroatoms. The van der Waals surface area contributed by atoms with Crippen LogP contribution < -0.4 is 11.1 Å². The molecule has 0 heterocycles. The third-order valence-electron chi connectivity index (χ3n) is 3.02. The van der Waals surface area contributed by atoms with Gasteiger partial charge < -0.3 is 16.2 Å². The van der Waals surface area contributed by atoms with Crippen LogP contribution >= 0.6 is 0 Å². The Kier molecular flexibility index (Phi) is 4.54. The standard InChI is InChI=1S/C11H22N2O2/c1-2-4-9(14)8-13-10(15)7-11(12)5-3-6-11/h9,14H,2-8,12H2,1H3,(H,13,15). The first-order valence-corrected chi connectivity index (χ1v) is 5.79. The lowest BCUT2D eigenvalue weighted by Crippen LogP contribution is -2.50. The SMILES string of the molecule is CCCC(O)CNC(=O)CC1(N)CCC1. The summed E-state index contributed by atoms with van der Waals surface area (Å²) >= 11 is 0. The van der Waals surface area contributed by atoms with E-state index in [1.165, 1.54) is 0 Å². The van der Waals surface area contributed by atoms with Crippen LogP contribution in [0.4, 0.5) is 0 Å². The summed E-state index contributed by atoms with van der Waals surface area (Å²) in [6.45, 7) is 2.36. The minimum Gasteiger partial charge on any atom is -0.391 e. The molecule has 1 rings (SSSR count). The number of carbonyl (C=O) groups excluding carboxylic acids is 1. The molecule has 4 nitrogen and oxygen atoms in total. The highest BCUT2D eigenvalue weighted by Gasteiger charge is 2.34. The molecule has 1 fully saturated rings. The van der Waals surface area contributed by atoms with Gasteiger partial charge in [0.2, 0.25) is 5.91 Å². The number of rotatable bonds is 6. The molecule has 0 aliphatic heterocycles. The first-order valence-electron chi connectivity index (χ1n) is 5.79. The van der Waals surface area contributed by atoms with Crippen LogP contribution in [-0.4, -0.2) is 29.2 Å². The number of aliphatic hydroxyl groups excluding tert-OH is 1. The zero-order valence-electron chi connectivity index (χ0n) is 9.46. The van der Waals surface area contributed by atoms with E-state index in [4.69, 9.17) is 5.73 Å². The smallest absolute Gasteiger partial charge is 0.221 e. The summed E-state index contributed by atoms with van der Waals surface area (Å²) in [5.41, 5.74) is 5.68. The fourth-order valence-electron chi connectivity index (χ4n) is 1.86. The van der Waals surface area contributed by atoms with E-state index in [2.05, 4.69) is 5.32 Å². The summed E-state index contributed by atoms with van der Waals surface area (Å²) in [6, 6.07) is 0. The van der Waals surface area contributed by atoms with E-state index in [1.54, 1.807) is 0 Å². The van der Waals surface area contributed by atoms with Gasteiger partial charge in [-0.15, -0.1) is 0 Å². The lowest BCUT2D eigenvalue weighted by Gasteiger charge is -2.37. The summed E-state index contributed by atoms with van der Waals surface area (Å²) in [6.07, 6.45) is 4.64. The van der Waals surface area contributed by atoms with E-state index in [0.717, 1.165) is 32.1 Å². The summed E-state index contributed by atoms with van der Waals surface area (Å²) in [5.74, 6) is -0.0349. The van der Waals surface area contributed by atoms with Crippen molar-refractivity contribution in [3.63, 3.8) is 0 Å². The van der Waals surface area contributed by atoms with Crippen LogP contribution in [0.25, 0.3) is 0 Å². The minimum absolute atomic E-state index is 0.0349. The predicted octanol–water partition coefficient (Wildman–Crippen LogP) is 0.535. The van der Waals surface area contributed by atoms with Crippen LogP contribution in [-0.2, 0) is 4.79 Å². The van der Waals surface area contributed by atoms with Crippen molar-refractivity contribution in [3.8, 4) is 0 Å². The fourth-order valence-corrected chi connectivity index (χ4v) is 1.86. The summed E-state index contributed by atoms with van der Waals surface area (Å²) < 4.78 is 0. The molecular formula is C11H22N2O2. The second kappa shape index (κ2) is 5.47. The van der Waals surface area contributed by atoms with Crippen LogP contribution in [0, 0.1) is 0 Å². The molecule has 0 saturated heterocycles. The van der Waals surface area contributed by atoms with Gasteiger partial charge >= 0.3 is 0 Å². The van der Waals surface area contributed by atoms with Crippen LogP contribution in [0.15, 0.2) is 0 Å². The molecule has 0 aromatic heterocycles. The molecule has 0 spiro atoms. The van der Waals surface area contributed by atoms with Crippen LogP contribution in [0.3, 0.4) is 0 Å².